The van der Waals surface area contributed by atoms with Crippen LogP contribution >= 0.6 is 0 Å². The summed E-state index contributed by atoms with van der Waals surface area (Å²) in [4.78, 5) is 18.9. The molecule has 0 aliphatic rings. The van der Waals surface area contributed by atoms with Gasteiger partial charge in [-0.3, -0.25) is 4.79 Å². The minimum absolute atomic E-state index is 0.0462. The van der Waals surface area contributed by atoms with E-state index in [1.807, 2.05) is 38.2 Å². The van der Waals surface area contributed by atoms with Gasteiger partial charge in [-0.05, 0) is 69.0 Å². The van der Waals surface area contributed by atoms with Crippen LogP contribution in [-0.2, 0) is 11.2 Å². The van der Waals surface area contributed by atoms with Crippen LogP contribution in [0.25, 0.3) is 0 Å². The molecule has 0 atom stereocenters. The molecule has 2 rings (SSSR count). The molecule has 0 radical (unpaired) electrons. The number of nitrogens with zero attached hydrogens (tertiary/aromatic N) is 2. The summed E-state index contributed by atoms with van der Waals surface area (Å²) in [5, 5.41) is 3.02. The first kappa shape index (κ1) is 18.0. The Hall–Kier alpha value is -2.36. The normalized spacial score (nSPS) is 10.5. The van der Waals surface area contributed by atoms with E-state index >= 15 is 0 Å². The second kappa shape index (κ2) is 8.48. The van der Waals surface area contributed by atoms with Crippen molar-refractivity contribution in [3.63, 3.8) is 0 Å². The summed E-state index contributed by atoms with van der Waals surface area (Å²) >= 11 is 0. The molecule has 128 valence electrons. The van der Waals surface area contributed by atoms with Gasteiger partial charge in [-0.1, -0.05) is 12.1 Å². The molecule has 0 fully saturated rings. The zero-order chi connectivity index (χ0) is 17.5. The quantitative estimate of drug-likeness (QED) is 0.833. The highest BCUT2D eigenvalue weighted by atomic mass is 16.1. The van der Waals surface area contributed by atoms with Crippen LogP contribution in [0.5, 0.6) is 0 Å². The van der Waals surface area contributed by atoms with Crippen LogP contribution in [0.4, 0.5) is 11.5 Å². The third kappa shape index (κ3) is 4.82. The topological polar surface area (TPSA) is 45.2 Å². The number of rotatable bonds is 7. The van der Waals surface area contributed by atoms with E-state index in [0.717, 1.165) is 41.3 Å². The predicted molar refractivity (Wildman–Crippen MR) is 101 cm³/mol. The van der Waals surface area contributed by atoms with Gasteiger partial charge in [0.1, 0.15) is 5.82 Å². The fourth-order valence-corrected chi connectivity index (χ4v) is 2.68. The minimum Gasteiger partial charge on any atom is -0.357 e. The third-order valence-corrected chi connectivity index (χ3v) is 4.21. The Morgan fingerprint density at radius 3 is 2.58 bits per heavy atom. The number of aryl methyl sites for hydroxylation is 3. The van der Waals surface area contributed by atoms with Gasteiger partial charge >= 0.3 is 0 Å². The van der Waals surface area contributed by atoms with E-state index in [4.69, 9.17) is 0 Å². The van der Waals surface area contributed by atoms with E-state index in [2.05, 4.69) is 41.2 Å². The zero-order valence-corrected chi connectivity index (χ0v) is 15.1. The Balaban J connectivity index is 1.96. The number of benzene rings is 1. The number of anilines is 2. The summed E-state index contributed by atoms with van der Waals surface area (Å²) in [6.07, 6.45) is 3.01. The van der Waals surface area contributed by atoms with Gasteiger partial charge in [-0.25, -0.2) is 4.98 Å². The highest BCUT2D eigenvalue weighted by Crippen LogP contribution is 2.17. The average molecular weight is 325 g/mol. The van der Waals surface area contributed by atoms with E-state index in [-0.39, 0.29) is 5.91 Å². The molecule has 1 heterocycles. The molecule has 2 aromatic rings. The Labute approximate surface area is 144 Å². The highest BCUT2D eigenvalue weighted by Gasteiger charge is 2.08. The van der Waals surface area contributed by atoms with Crippen molar-refractivity contribution in [1.29, 1.82) is 0 Å². The van der Waals surface area contributed by atoms with Gasteiger partial charge in [0.2, 0.25) is 5.91 Å². The molecule has 4 nitrogen and oxygen atoms in total. The molecule has 24 heavy (non-hydrogen) atoms. The van der Waals surface area contributed by atoms with Gasteiger partial charge in [-0.2, -0.15) is 0 Å². The molecule has 1 aromatic heterocycles. The van der Waals surface area contributed by atoms with E-state index < -0.39 is 0 Å². The summed E-state index contributed by atoms with van der Waals surface area (Å²) in [6.45, 7) is 10.1. The smallest absolute Gasteiger partial charge is 0.224 e. The van der Waals surface area contributed by atoms with Crippen molar-refractivity contribution in [2.45, 2.75) is 40.5 Å². The third-order valence-electron chi connectivity index (χ3n) is 4.21. The lowest BCUT2D eigenvalue weighted by Gasteiger charge is -2.20. The molecular formula is C20H27N3O. The number of hydrogen-bond acceptors (Lipinski definition) is 3. The Morgan fingerprint density at radius 1 is 1.12 bits per heavy atom. The molecular weight excluding hydrogens is 298 g/mol. The molecule has 1 aromatic carbocycles. The largest absolute Gasteiger partial charge is 0.357 e. The first-order valence-corrected chi connectivity index (χ1v) is 8.60. The molecule has 0 bridgehead atoms. The van der Waals surface area contributed by atoms with Crippen molar-refractivity contribution in [2.24, 2.45) is 0 Å². The molecule has 0 saturated carbocycles. The molecule has 1 amide bonds. The maximum atomic E-state index is 12.2. The molecule has 1 N–H and O–H groups in total. The van der Waals surface area contributed by atoms with Crippen molar-refractivity contribution in [3.05, 3.63) is 53.2 Å². The number of pyridine rings is 1. The average Bonchev–Trinajstić information content (AvgIpc) is 2.58. The standard InChI is InChI=1S/C20H27N3O/c1-5-23(6-2)19-14-17(11-12-21-19)9-10-20(24)22-18-13-15(3)7-8-16(18)4/h7-8,11-14H,5-6,9-10H2,1-4H3,(H,22,24). The second-order valence-electron chi connectivity index (χ2n) is 6.06. The van der Waals surface area contributed by atoms with Crippen LogP contribution in [0, 0.1) is 13.8 Å². The Kier molecular flexibility index (Phi) is 6.36. The van der Waals surface area contributed by atoms with Crippen LogP contribution in [0.3, 0.4) is 0 Å². The summed E-state index contributed by atoms with van der Waals surface area (Å²) in [7, 11) is 0. The van der Waals surface area contributed by atoms with E-state index in [1.54, 1.807) is 0 Å². The van der Waals surface area contributed by atoms with Crippen molar-refractivity contribution < 1.29 is 4.79 Å². The van der Waals surface area contributed by atoms with E-state index in [1.165, 1.54) is 0 Å². The van der Waals surface area contributed by atoms with Gasteiger partial charge in [0.15, 0.2) is 0 Å². The zero-order valence-electron chi connectivity index (χ0n) is 15.1. The number of amides is 1. The summed E-state index contributed by atoms with van der Waals surface area (Å²) in [6, 6.07) is 10.2. The maximum absolute atomic E-state index is 12.2. The van der Waals surface area contributed by atoms with Crippen LogP contribution in [0.15, 0.2) is 36.5 Å². The van der Waals surface area contributed by atoms with Gasteiger partial charge in [0, 0.05) is 31.4 Å². The first-order chi connectivity index (χ1) is 11.5. The number of hydrogen-bond donors (Lipinski definition) is 1. The molecule has 4 heteroatoms. The molecule has 0 saturated heterocycles. The highest BCUT2D eigenvalue weighted by molar-refractivity contribution is 5.91. The Bertz CT molecular complexity index is 693. The summed E-state index contributed by atoms with van der Waals surface area (Å²) < 4.78 is 0. The van der Waals surface area contributed by atoms with Gasteiger partial charge in [-0.15, -0.1) is 0 Å². The fourth-order valence-electron chi connectivity index (χ4n) is 2.68. The van der Waals surface area contributed by atoms with Crippen molar-refractivity contribution >= 4 is 17.4 Å². The molecule has 0 spiro atoms. The predicted octanol–water partition coefficient (Wildman–Crippen LogP) is 4.12. The van der Waals surface area contributed by atoms with Crippen LogP contribution in [0.1, 0.15) is 37.0 Å². The van der Waals surface area contributed by atoms with Crippen LogP contribution < -0.4 is 10.2 Å². The number of aromatic nitrogens is 1. The number of carbonyl (C=O) groups is 1. The minimum atomic E-state index is 0.0462. The SMILES string of the molecule is CCN(CC)c1cc(CCC(=O)Nc2cc(C)ccc2C)ccn1. The number of carbonyl (C=O) groups excluding carboxylic acids is 1. The van der Waals surface area contributed by atoms with Gasteiger partial charge < -0.3 is 10.2 Å². The lowest BCUT2D eigenvalue weighted by atomic mass is 10.1. The Morgan fingerprint density at radius 2 is 1.88 bits per heavy atom. The van der Waals surface area contributed by atoms with Crippen molar-refractivity contribution in [2.75, 3.05) is 23.3 Å². The monoisotopic (exact) mass is 325 g/mol. The van der Waals surface area contributed by atoms with Gasteiger partial charge in [0.25, 0.3) is 0 Å². The number of nitrogens with one attached hydrogen (secondary N) is 1. The fraction of sp³-hybridized carbons (Fsp3) is 0.400. The van der Waals surface area contributed by atoms with Crippen LogP contribution in [-0.4, -0.2) is 24.0 Å². The van der Waals surface area contributed by atoms with Crippen molar-refractivity contribution in [3.8, 4) is 0 Å². The lowest BCUT2D eigenvalue weighted by Crippen LogP contribution is -2.23. The second-order valence-corrected chi connectivity index (χ2v) is 6.06. The van der Waals surface area contributed by atoms with Crippen molar-refractivity contribution in [1.82, 2.24) is 4.98 Å². The molecule has 0 aliphatic heterocycles. The lowest BCUT2D eigenvalue weighted by molar-refractivity contribution is -0.116. The first-order valence-electron chi connectivity index (χ1n) is 8.60. The molecule has 0 aliphatic carbocycles. The van der Waals surface area contributed by atoms with E-state index in [0.29, 0.717) is 12.8 Å². The summed E-state index contributed by atoms with van der Waals surface area (Å²) in [5.41, 5.74) is 4.28. The van der Waals surface area contributed by atoms with E-state index in [9.17, 15) is 4.79 Å². The maximum Gasteiger partial charge on any atom is 0.224 e. The van der Waals surface area contributed by atoms with Gasteiger partial charge in [0.05, 0.1) is 0 Å². The summed E-state index contributed by atoms with van der Waals surface area (Å²) in [5.74, 6) is 1.03. The van der Waals surface area contributed by atoms with Crippen LogP contribution in [0.2, 0.25) is 0 Å². The molecule has 0 unspecified atom stereocenters.